The molecule has 26 heavy (non-hydrogen) atoms. The van der Waals surface area contributed by atoms with Gasteiger partial charge in [0.25, 0.3) is 0 Å². The lowest BCUT2D eigenvalue weighted by molar-refractivity contribution is 0.0472. The number of nitrogens with zero attached hydrogens (tertiary/aromatic N) is 1. The third kappa shape index (κ3) is 4.46. The SMILES string of the molecule is O=C(COC(=O)c1ccccc1Oc1cccnc1)c1ccc(Cl)cc1. The molecule has 0 unspecified atom stereocenters. The summed E-state index contributed by atoms with van der Waals surface area (Å²) in [5, 5.41) is 0.528. The molecular weight excluding hydrogens is 354 g/mol. The third-order valence-corrected chi connectivity index (χ3v) is 3.72. The average Bonchev–Trinajstić information content (AvgIpc) is 2.67. The second-order valence-electron chi connectivity index (χ2n) is 5.29. The number of pyridine rings is 1. The highest BCUT2D eigenvalue weighted by atomic mass is 35.5. The molecule has 2 aromatic carbocycles. The zero-order valence-electron chi connectivity index (χ0n) is 13.6. The molecule has 0 bridgehead atoms. The molecule has 0 spiro atoms. The lowest BCUT2D eigenvalue weighted by Gasteiger charge is -2.10. The van der Waals surface area contributed by atoms with Gasteiger partial charge >= 0.3 is 5.97 Å². The van der Waals surface area contributed by atoms with Crippen LogP contribution in [-0.4, -0.2) is 23.3 Å². The number of ketones is 1. The van der Waals surface area contributed by atoms with E-state index in [0.717, 1.165) is 0 Å². The smallest absolute Gasteiger partial charge is 0.342 e. The van der Waals surface area contributed by atoms with E-state index < -0.39 is 5.97 Å². The number of halogens is 1. The van der Waals surface area contributed by atoms with Gasteiger partial charge in [-0.1, -0.05) is 23.7 Å². The summed E-state index contributed by atoms with van der Waals surface area (Å²) in [7, 11) is 0. The van der Waals surface area contributed by atoms with Crippen LogP contribution in [0.1, 0.15) is 20.7 Å². The van der Waals surface area contributed by atoms with Crippen molar-refractivity contribution in [2.75, 3.05) is 6.61 Å². The van der Waals surface area contributed by atoms with Crippen molar-refractivity contribution in [1.82, 2.24) is 4.98 Å². The highest BCUT2D eigenvalue weighted by Gasteiger charge is 2.16. The van der Waals surface area contributed by atoms with Gasteiger partial charge in [0.15, 0.2) is 12.4 Å². The standard InChI is InChI=1S/C20H14ClNO4/c21-15-9-7-14(8-10-15)18(23)13-25-20(24)17-5-1-2-6-19(17)26-16-4-3-11-22-12-16/h1-12H,13H2. The number of rotatable bonds is 6. The number of ether oxygens (including phenoxy) is 2. The van der Waals surface area contributed by atoms with Crippen molar-refractivity contribution >= 4 is 23.4 Å². The lowest BCUT2D eigenvalue weighted by Crippen LogP contribution is -2.14. The van der Waals surface area contributed by atoms with Crippen molar-refractivity contribution in [1.29, 1.82) is 0 Å². The molecule has 1 aromatic heterocycles. The van der Waals surface area contributed by atoms with Gasteiger partial charge < -0.3 is 9.47 Å². The summed E-state index contributed by atoms with van der Waals surface area (Å²) in [6.07, 6.45) is 3.15. The number of carbonyl (C=O) groups excluding carboxylic acids is 2. The molecule has 6 heteroatoms. The van der Waals surface area contributed by atoms with E-state index in [9.17, 15) is 9.59 Å². The molecule has 0 saturated heterocycles. The minimum atomic E-state index is -0.646. The maximum absolute atomic E-state index is 12.4. The summed E-state index contributed by atoms with van der Waals surface area (Å²) in [5.41, 5.74) is 0.641. The van der Waals surface area contributed by atoms with E-state index in [4.69, 9.17) is 21.1 Å². The number of esters is 1. The Kier molecular flexibility index (Phi) is 5.61. The Balaban J connectivity index is 1.68. The van der Waals surface area contributed by atoms with Crippen molar-refractivity contribution in [2.45, 2.75) is 0 Å². The first kappa shape index (κ1) is 17.6. The van der Waals surface area contributed by atoms with E-state index in [1.807, 2.05) is 0 Å². The minimum absolute atomic E-state index is 0.222. The number of carbonyl (C=O) groups is 2. The number of hydrogen-bond donors (Lipinski definition) is 0. The Labute approximate surface area is 155 Å². The first-order valence-electron chi connectivity index (χ1n) is 7.76. The second kappa shape index (κ2) is 8.27. The number of Topliss-reactive ketones (excluding diaryl/α,β-unsaturated/α-hetero) is 1. The highest BCUT2D eigenvalue weighted by Crippen LogP contribution is 2.25. The Bertz CT molecular complexity index is 911. The van der Waals surface area contributed by atoms with Gasteiger partial charge in [0.2, 0.25) is 0 Å². The largest absolute Gasteiger partial charge is 0.455 e. The topological polar surface area (TPSA) is 65.5 Å². The molecule has 0 atom stereocenters. The van der Waals surface area contributed by atoms with E-state index in [1.54, 1.807) is 66.9 Å². The second-order valence-corrected chi connectivity index (χ2v) is 5.73. The van der Waals surface area contributed by atoms with Crippen LogP contribution in [0, 0.1) is 0 Å². The molecule has 0 radical (unpaired) electrons. The molecule has 0 fully saturated rings. The first-order valence-corrected chi connectivity index (χ1v) is 8.14. The molecular formula is C20H14ClNO4. The average molecular weight is 368 g/mol. The molecule has 0 saturated carbocycles. The Morgan fingerprint density at radius 2 is 1.73 bits per heavy atom. The predicted octanol–water partition coefficient (Wildman–Crippen LogP) is 4.57. The molecule has 0 aliphatic carbocycles. The zero-order chi connectivity index (χ0) is 18.4. The summed E-state index contributed by atoms with van der Waals surface area (Å²) in [5.74, 6) is -0.151. The van der Waals surface area contributed by atoms with Gasteiger partial charge in [-0.3, -0.25) is 9.78 Å². The van der Waals surface area contributed by atoms with Crippen LogP contribution in [0.3, 0.4) is 0 Å². The fourth-order valence-corrected chi connectivity index (χ4v) is 2.31. The van der Waals surface area contributed by atoms with Crippen molar-refractivity contribution < 1.29 is 19.1 Å². The van der Waals surface area contributed by atoms with Gasteiger partial charge in [0, 0.05) is 16.8 Å². The van der Waals surface area contributed by atoms with E-state index in [1.165, 1.54) is 6.20 Å². The van der Waals surface area contributed by atoms with Crippen molar-refractivity contribution in [2.24, 2.45) is 0 Å². The van der Waals surface area contributed by atoms with E-state index in [2.05, 4.69) is 4.98 Å². The molecule has 0 aliphatic rings. The Morgan fingerprint density at radius 1 is 0.962 bits per heavy atom. The Hall–Kier alpha value is -3.18. The van der Waals surface area contributed by atoms with Gasteiger partial charge in [-0.05, 0) is 48.5 Å². The maximum atomic E-state index is 12.4. The molecule has 5 nitrogen and oxygen atoms in total. The summed E-state index contributed by atoms with van der Waals surface area (Å²) < 4.78 is 10.8. The quantitative estimate of drug-likeness (QED) is 0.471. The molecule has 130 valence electrons. The number of para-hydroxylation sites is 1. The molecule has 0 amide bonds. The summed E-state index contributed by atoms with van der Waals surface area (Å²) in [6.45, 7) is -0.373. The summed E-state index contributed by atoms with van der Waals surface area (Å²) in [6, 6.07) is 16.5. The van der Waals surface area contributed by atoms with Crippen LogP contribution < -0.4 is 4.74 Å². The van der Waals surface area contributed by atoms with Gasteiger partial charge in [-0.25, -0.2) is 4.79 Å². The summed E-state index contributed by atoms with van der Waals surface area (Å²) in [4.78, 5) is 28.4. The molecule has 3 aromatic rings. The van der Waals surface area contributed by atoms with Crippen LogP contribution in [0.4, 0.5) is 0 Å². The molecule has 0 aliphatic heterocycles. The fourth-order valence-electron chi connectivity index (χ4n) is 2.19. The third-order valence-electron chi connectivity index (χ3n) is 3.47. The van der Waals surface area contributed by atoms with Crippen molar-refractivity contribution in [3.63, 3.8) is 0 Å². The molecule has 0 N–H and O–H groups in total. The van der Waals surface area contributed by atoms with Gasteiger partial charge in [-0.2, -0.15) is 0 Å². The lowest BCUT2D eigenvalue weighted by atomic mass is 10.1. The van der Waals surface area contributed by atoms with Gasteiger partial charge in [0.05, 0.1) is 6.20 Å². The highest BCUT2D eigenvalue weighted by molar-refractivity contribution is 6.30. The van der Waals surface area contributed by atoms with Crippen LogP contribution in [0.2, 0.25) is 5.02 Å². The van der Waals surface area contributed by atoms with E-state index >= 15 is 0 Å². The van der Waals surface area contributed by atoms with Crippen LogP contribution in [0.5, 0.6) is 11.5 Å². The number of aromatic nitrogens is 1. The maximum Gasteiger partial charge on any atom is 0.342 e. The molecule has 3 rings (SSSR count). The van der Waals surface area contributed by atoms with E-state index in [0.29, 0.717) is 22.1 Å². The Morgan fingerprint density at radius 3 is 2.46 bits per heavy atom. The zero-order valence-corrected chi connectivity index (χ0v) is 14.3. The predicted molar refractivity (Wildman–Crippen MR) is 96.8 cm³/mol. The van der Waals surface area contributed by atoms with Gasteiger partial charge in [-0.15, -0.1) is 0 Å². The summed E-state index contributed by atoms with van der Waals surface area (Å²) >= 11 is 5.79. The molecule has 1 heterocycles. The van der Waals surface area contributed by atoms with Crippen LogP contribution in [0.15, 0.2) is 73.1 Å². The first-order chi connectivity index (χ1) is 12.6. The minimum Gasteiger partial charge on any atom is -0.455 e. The number of hydrogen-bond acceptors (Lipinski definition) is 5. The normalized spacial score (nSPS) is 10.2. The van der Waals surface area contributed by atoms with Crippen LogP contribution >= 0.6 is 11.6 Å². The van der Waals surface area contributed by atoms with E-state index in [-0.39, 0.29) is 18.0 Å². The number of benzene rings is 2. The van der Waals surface area contributed by atoms with Crippen LogP contribution in [-0.2, 0) is 4.74 Å². The van der Waals surface area contributed by atoms with Gasteiger partial charge in [0.1, 0.15) is 17.1 Å². The monoisotopic (exact) mass is 367 g/mol. The van der Waals surface area contributed by atoms with Crippen molar-refractivity contribution in [3.05, 3.63) is 89.2 Å². The van der Waals surface area contributed by atoms with Crippen LogP contribution in [0.25, 0.3) is 0 Å². The van der Waals surface area contributed by atoms with Crippen molar-refractivity contribution in [3.8, 4) is 11.5 Å². The fraction of sp³-hybridized carbons (Fsp3) is 0.0500.